The Morgan fingerprint density at radius 3 is 2.76 bits per heavy atom. The topological polar surface area (TPSA) is 38.5 Å². The quantitative estimate of drug-likeness (QED) is 0.937. The fourth-order valence-electron chi connectivity index (χ4n) is 3.01. The van der Waals surface area contributed by atoms with E-state index in [0.717, 1.165) is 41.2 Å². The van der Waals surface area contributed by atoms with Crippen LogP contribution in [-0.2, 0) is 6.42 Å². The number of ether oxygens (including phenoxy) is 1. The van der Waals surface area contributed by atoms with Crippen molar-refractivity contribution in [1.82, 2.24) is 0 Å². The summed E-state index contributed by atoms with van der Waals surface area (Å²) in [5.74, 6) is 0.554. The molecule has 3 rings (SSSR count). The Bertz CT molecular complexity index is 670. The van der Waals surface area contributed by atoms with Crippen molar-refractivity contribution in [2.24, 2.45) is 5.73 Å². The van der Waals surface area contributed by atoms with E-state index >= 15 is 0 Å². The number of methoxy groups -OCH3 is 1. The van der Waals surface area contributed by atoms with Crippen molar-refractivity contribution in [1.29, 1.82) is 0 Å². The van der Waals surface area contributed by atoms with E-state index in [0.29, 0.717) is 0 Å². The molecule has 3 nitrogen and oxygen atoms in total. The fraction of sp³-hybridized carbons (Fsp3) is 0.294. The van der Waals surface area contributed by atoms with Crippen molar-refractivity contribution in [2.45, 2.75) is 19.4 Å². The molecular weight excluding hydrogens is 267 g/mol. The number of fused-ring (bicyclic) bond motifs is 1. The SMILES string of the molecule is COc1cccc(N2CCc3ccc(F)cc32)c1[C@@H](C)N. The van der Waals surface area contributed by atoms with Gasteiger partial charge in [-0.1, -0.05) is 12.1 Å². The van der Waals surface area contributed by atoms with E-state index in [-0.39, 0.29) is 11.9 Å². The Morgan fingerprint density at radius 2 is 2.05 bits per heavy atom. The standard InChI is InChI=1S/C17H19FN2O/c1-11(19)17-14(4-3-5-16(17)21-2)20-9-8-12-6-7-13(18)10-15(12)20/h3-7,10-11H,8-9,19H2,1-2H3/t11-/m1/s1. The summed E-state index contributed by atoms with van der Waals surface area (Å²) in [5.41, 5.74) is 10.2. The second kappa shape index (κ2) is 5.37. The molecule has 2 N–H and O–H groups in total. The number of hydrogen-bond acceptors (Lipinski definition) is 3. The highest BCUT2D eigenvalue weighted by molar-refractivity contribution is 5.74. The molecule has 0 unspecified atom stereocenters. The first-order chi connectivity index (χ1) is 10.1. The zero-order valence-corrected chi connectivity index (χ0v) is 12.3. The molecule has 2 aromatic carbocycles. The van der Waals surface area contributed by atoms with E-state index in [9.17, 15) is 4.39 Å². The third-order valence-electron chi connectivity index (χ3n) is 3.95. The van der Waals surface area contributed by atoms with Gasteiger partial charge in [-0.3, -0.25) is 0 Å². The van der Waals surface area contributed by atoms with Crippen molar-refractivity contribution in [3.63, 3.8) is 0 Å². The Labute approximate surface area is 124 Å². The van der Waals surface area contributed by atoms with Gasteiger partial charge < -0.3 is 15.4 Å². The highest BCUT2D eigenvalue weighted by atomic mass is 19.1. The van der Waals surface area contributed by atoms with Gasteiger partial charge in [-0.2, -0.15) is 0 Å². The minimum atomic E-state index is -0.217. The van der Waals surface area contributed by atoms with Gasteiger partial charge in [-0.15, -0.1) is 0 Å². The minimum absolute atomic E-state index is 0.159. The molecule has 2 aromatic rings. The lowest BCUT2D eigenvalue weighted by atomic mass is 10.0. The van der Waals surface area contributed by atoms with E-state index in [1.165, 1.54) is 6.07 Å². The van der Waals surface area contributed by atoms with Crippen LogP contribution in [0.15, 0.2) is 36.4 Å². The number of hydrogen-bond donors (Lipinski definition) is 1. The van der Waals surface area contributed by atoms with Crippen LogP contribution >= 0.6 is 0 Å². The van der Waals surface area contributed by atoms with Crippen LogP contribution in [0.25, 0.3) is 0 Å². The lowest BCUT2D eigenvalue weighted by molar-refractivity contribution is 0.407. The molecule has 1 aliphatic rings. The van der Waals surface area contributed by atoms with Gasteiger partial charge in [0, 0.05) is 29.5 Å². The molecule has 0 saturated carbocycles. The van der Waals surface area contributed by atoms with Crippen molar-refractivity contribution in [3.05, 3.63) is 53.3 Å². The third kappa shape index (κ3) is 2.36. The summed E-state index contributed by atoms with van der Waals surface area (Å²) in [7, 11) is 1.64. The molecule has 0 aromatic heterocycles. The normalized spacial score (nSPS) is 15.0. The van der Waals surface area contributed by atoms with Crippen LogP contribution in [0.2, 0.25) is 0 Å². The molecule has 1 heterocycles. The summed E-state index contributed by atoms with van der Waals surface area (Å²) in [6.45, 7) is 2.76. The summed E-state index contributed by atoms with van der Waals surface area (Å²) in [4.78, 5) is 2.12. The van der Waals surface area contributed by atoms with Crippen LogP contribution in [0.4, 0.5) is 15.8 Å². The molecule has 0 aliphatic carbocycles. The average Bonchev–Trinajstić information content (AvgIpc) is 2.89. The summed E-state index contributed by atoms with van der Waals surface area (Å²) in [5, 5.41) is 0. The smallest absolute Gasteiger partial charge is 0.125 e. The highest BCUT2D eigenvalue weighted by Gasteiger charge is 2.25. The van der Waals surface area contributed by atoms with E-state index in [2.05, 4.69) is 4.90 Å². The van der Waals surface area contributed by atoms with Gasteiger partial charge in [0.2, 0.25) is 0 Å². The van der Waals surface area contributed by atoms with Crippen LogP contribution in [-0.4, -0.2) is 13.7 Å². The molecule has 4 heteroatoms. The zero-order chi connectivity index (χ0) is 15.0. The summed E-state index contributed by atoms with van der Waals surface area (Å²) < 4.78 is 19.0. The summed E-state index contributed by atoms with van der Waals surface area (Å²) in [6.07, 6.45) is 0.908. The molecule has 0 radical (unpaired) electrons. The third-order valence-corrected chi connectivity index (χ3v) is 3.95. The molecule has 0 amide bonds. The van der Waals surface area contributed by atoms with Crippen LogP contribution in [0, 0.1) is 5.82 Å². The molecule has 110 valence electrons. The number of nitrogens with zero attached hydrogens (tertiary/aromatic N) is 1. The maximum Gasteiger partial charge on any atom is 0.125 e. The maximum absolute atomic E-state index is 13.6. The maximum atomic E-state index is 13.6. The van der Waals surface area contributed by atoms with Crippen molar-refractivity contribution >= 4 is 11.4 Å². The molecule has 0 spiro atoms. The molecule has 21 heavy (non-hydrogen) atoms. The predicted molar refractivity (Wildman–Crippen MR) is 82.7 cm³/mol. The lowest BCUT2D eigenvalue weighted by Crippen LogP contribution is -2.19. The number of benzene rings is 2. The second-order valence-corrected chi connectivity index (χ2v) is 5.36. The van der Waals surface area contributed by atoms with Crippen LogP contribution in [0.3, 0.4) is 0 Å². The van der Waals surface area contributed by atoms with E-state index in [4.69, 9.17) is 10.5 Å². The first-order valence-electron chi connectivity index (χ1n) is 7.10. The van der Waals surface area contributed by atoms with Crippen molar-refractivity contribution in [2.75, 3.05) is 18.6 Å². The average molecular weight is 286 g/mol. The second-order valence-electron chi connectivity index (χ2n) is 5.36. The Hall–Kier alpha value is -2.07. The first-order valence-corrected chi connectivity index (χ1v) is 7.10. The number of nitrogens with two attached hydrogens (primary N) is 1. The number of rotatable bonds is 3. The van der Waals surface area contributed by atoms with Gasteiger partial charge in [-0.05, 0) is 43.2 Å². The van der Waals surface area contributed by atoms with Gasteiger partial charge in [0.1, 0.15) is 11.6 Å². The first kappa shape index (κ1) is 13.9. The molecule has 0 saturated heterocycles. The largest absolute Gasteiger partial charge is 0.496 e. The summed E-state index contributed by atoms with van der Waals surface area (Å²) in [6, 6.07) is 10.7. The van der Waals surface area contributed by atoms with Gasteiger partial charge >= 0.3 is 0 Å². The minimum Gasteiger partial charge on any atom is -0.496 e. The molecule has 1 aliphatic heterocycles. The zero-order valence-electron chi connectivity index (χ0n) is 12.3. The van der Waals surface area contributed by atoms with Crippen LogP contribution in [0.1, 0.15) is 24.1 Å². The predicted octanol–water partition coefficient (Wildman–Crippen LogP) is 3.55. The van der Waals surface area contributed by atoms with Crippen molar-refractivity contribution in [3.8, 4) is 5.75 Å². The molecular formula is C17H19FN2O. The lowest BCUT2D eigenvalue weighted by Gasteiger charge is -2.25. The molecule has 0 bridgehead atoms. The molecule has 1 atom stereocenters. The van der Waals surface area contributed by atoms with Gasteiger partial charge in [0.25, 0.3) is 0 Å². The van der Waals surface area contributed by atoms with E-state index in [1.54, 1.807) is 13.2 Å². The number of halogens is 1. The van der Waals surface area contributed by atoms with E-state index < -0.39 is 0 Å². The van der Waals surface area contributed by atoms with Gasteiger partial charge in [-0.25, -0.2) is 4.39 Å². The van der Waals surface area contributed by atoms with Gasteiger partial charge in [0.15, 0.2) is 0 Å². The Balaban J connectivity index is 2.13. The Morgan fingerprint density at radius 1 is 1.24 bits per heavy atom. The fourth-order valence-corrected chi connectivity index (χ4v) is 3.01. The van der Waals surface area contributed by atoms with E-state index in [1.807, 2.05) is 31.2 Å². The van der Waals surface area contributed by atoms with Crippen molar-refractivity contribution < 1.29 is 9.13 Å². The number of anilines is 2. The van der Waals surface area contributed by atoms with Gasteiger partial charge in [0.05, 0.1) is 7.11 Å². The Kier molecular flexibility index (Phi) is 3.55. The summed E-state index contributed by atoms with van der Waals surface area (Å²) >= 11 is 0. The molecule has 0 fully saturated rings. The van der Waals surface area contributed by atoms with Crippen LogP contribution < -0.4 is 15.4 Å². The van der Waals surface area contributed by atoms with Crippen LogP contribution in [0.5, 0.6) is 5.75 Å². The highest BCUT2D eigenvalue weighted by Crippen LogP contribution is 2.41. The monoisotopic (exact) mass is 286 g/mol.